The van der Waals surface area contributed by atoms with Gasteiger partial charge < -0.3 is 19.4 Å². The first kappa shape index (κ1) is 24.8. The lowest BCUT2D eigenvalue weighted by Gasteiger charge is -2.27. The zero-order valence-electron chi connectivity index (χ0n) is 21.2. The van der Waals surface area contributed by atoms with Crippen molar-refractivity contribution in [1.29, 1.82) is 0 Å². The smallest absolute Gasteiger partial charge is 0.234 e. The van der Waals surface area contributed by atoms with Gasteiger partial charge in [0.1, 0.15) is 11.9 Å². The highest BCUT2D eigenvalue weighted by atomic mass is 32.2. The van der Waals surface area contributed by atoms with E-state index in [-0.39, 0.29) is 17.1 Å². The van der Waals surface area contributed by atoms with E-state index in [0.29, 0.717) is 48.3 Å². The summed E-state index contributed by atoms with van der Waals surface area (Å²) in [6.07, 6.45) is 1.42. The number of nitrogens with zero attached hydrogens (tertiary/aromatic N) is 3. The number of nitrogens with one attached hydrogen (secondary N) is 2. The van der Waals surface area contributed by atoms with Gasteiger partial charge in [-0.15, -0.1) is 11.3 Å². The van der Waals surface area contributed by atoms with Crippen LogP contribution in [0.1, 0.15) is 0 Å². The quantitative estimate of drug-likeness (QED) is 0.252. The van der Waals surface area contributed by atoms with Gasteiger partial charge in [-0.25, -0.2) is 4.98 Å². The van der Waals surface area contributed by atoms with E-state index in [0.717, 1.165) is 37.0 Å². The van der Waals surface area contributed by atoms with E-state index in [2.05, 4.69) is 32.6 Å². The van der Waals surface area contributed by atoms with E-state index in [1.807, 2.05) is 41.3 Å². The maximum Gasteiger partial charge on any atom is 0.234 e. The Hall–Kier alpha value is -4.19. The predicted molar refractivity (Wildman–Crippen MR) is 160 cm³/mol. The summed E-state index contributed by atoms with van der Waals surface area (Å²) in [7, 11) is 0. The summed E-state index contributed by atoms with van der Waals surface area (Å²) in [4.78, 5) is 32.2. The highest BCUT2D eigenvalue weighted by molar-refractivity contribution is 7.99. The summed E-state index contributed by atoms with van der Waals surface area (Å²) < 4.78 is 14.0. The molecular formula is C29H23N5O4S2. The van der Waals surface area contributed by atoms with Gasteiger partial charge in [0.2, 0.25) is 5.91 Å². The Labute approximate surface area is 236 Å². The molecule has 40 heavy (non-hydrogen) atoms. The van der Waals surface area contributed by atoms with Crippen molar-refractivity contribution >= 4 is 71.7 Å². The average molecular weight is 570 g/mol. The fraction of sp³-hybridized carbons (Fsp3) is 0.172. The molecule has 1 amide bonds. The molecule has 0 radical (unpaired) electrons. The first-order valence-corrected chi connectivity index (χ1v) is 14.6. The highest BCUT2D eigenvalue weighted by Gasteiger charge is 2.21. The summed E-state index contributed by atoms with van der Waals surface area (Å²) in [5.74, 6) is 0.602. The molecule has 0 saturated carbocycles. The molecule has 11 heteroatoms. The molecule has 3 aromatic carbocycles. The van der Waals surface area contributed by atoms with E-state index in [1.165, 1.54) is 18.1 Å². The Morgan fingerprint density at radius 3 is 2.75 bits per heavy atom. The molecule has 1 fully saturated rings. The minimum Gasteiger partial charge on any atom is -0.440 e. The van der Waals surface area contributed by atoms with E-state index in [1.54, 1.807) is 23.5 Å². The molecule has 9 nitrogen and oxygen atoms in total. The summed E-state index contributed by atoms with van der Waals surface area (Å²) in [5.41, 5.74) is 2.98. The van der Waals surface area contributed by atoms with Gasteiger partial charge in [-0.2, -0.15) is 5.10 Å². The number of benzene rings is 3. The molecule has 4 heterocycles. The van der Waals surface area contributed by atoms with Crippen LogP contribution in [0.15, 0.2) is 81.4 Å². The molecule has 1 aliphatic rings. The largest absolute Gasteiger partial charge is 0.440 e. The van der Waals surface area contributed by atoms with Crippen molar-refractivity contribution in [3.8, 4) is 11.1 Å². The number of rotatable bonds is 6. The van der Waals surface area contributed by atoms with Crippen LogP contribution >= 0.6 is 23.1 Å². The lowest BCUT2D eigenvalue weighted by Crippen LogP contribution is -2.36. The summed E-state index contributed by atoms with van der Waals surface area (Å²) in [5, 5.41) is 12.8. The highest BCUT2D eigenvalue weighted by Crippen LogP contribution is 2.45. The number of carbonyl (C=O) groups excluding carboxylic acids is 1. The minimum absolute atomic E-state index is 0.0784. The molecule has 0 aliphatic carbocycles. The molecule has 1 saturated heterocycles. The van der Waals surface area contributed by atoms with Gasteiger partial charge in [0.05, 0.1) is 30.0 Å². The van der Waals surface area contributed by atoms with E-state index >= 15 is 0 Å². The van der Waals surface area contributed by atoms with Crippen LogP contribution in [-0.4, -0.2) is 53.1 Å². The van der Waals surface area contributed by atoms with Crippen molar-refractivity contribution in [1.82, 2.24) is 15.2 Å². The number of morpholine rings is 1. The number of ether oxygens (including phenoxy) is 1. The number of hydrogen-bond donors (Lipinski definition) is 2. The molecule has 6 aromatic rings. The Kier molecular flexibility index (Phi) is 6.46. The Balaban J connectivity index is 1.35. The molecule has 0 spiro atoms. The van der Waals surface area contributed by atoms with E-state index < -0.39 is 0 Å². The number of anilines is 2. The summed E-state index contributed by atoms with van der Waals surface area (Å²) in [6, 6.07) is 19.3. The van der Waals surface area contributed by atoms with Crippen molar-refractivity contribution in [2.24, 2.45) is 0 Å². The topological polar surface area (TPSA) is 113 Å². The van der Waals surface area contributed by atoms with Crippen LogP contribution in [0.2, 0.25) is 0 Å². The molecule has 0 atom stereocenters. The van der Waals surface area contributed by atoms with Crippen molar-refractivity contribution in [3.05, 3.63) is 77.2 Å². The number of thioether (sulfide) groups is 1. The number of H-pyrrole nitrogens is 1. The third-order valence-electron chi connectivity index (χ3n) is 6.89. The van der Waals surface area contributed by atoms with Crippen LogP contribution in [0.5, 0.6) is 0 Å². The monoisotopic (exact) mass is 569 g/mol. The van der Waals surface area contributed by atoms with Crippen LogP contribution in [0, 0.1) is 0 Å². The fourth-order valence-corrected chi connectivity index (χ4v) is 6.88. The van der Waals surface area contributed by atoms with Crippen LogP contribution in [0.25, 0.3) is 42.3 Å². The second-order valence-corrected chi connectivity index (χ2v) is 11.3. The number of aromatic nitrogens is 3. The molecular weight excluding hydrogens is 546 g/mol. The van der Waals surface area contributed by atoms with Gasteiger partial charge in [-0.3, -0.25) is 14.7 Å². The third-order valence-corrected chi connectivity index (χ3v) is 8.97. The van der Waals surface area contributed by atoms with E-state index in [4.69, 9.17) is 9.15 Å². The van der Waals surface area contributed by atoms with Gasteiger partial charge in [-0.1, -0.05) is 48.2 Å². The Morgan fingerprint density at radius 1 is 1.05 bits per heavy atom. The Bertz CT molecular complexity index is 1930. The van der Waals surface area contributed by atoms with Crippen molar-refractivity contribution in [3.63, 3.8) is 0 Å². The number of aromatic amines is 1. The number of fused-ring (bicyclic) bond motifs is 4. The minimum atomic E-state index is -0.142. The number of amides is 1. The van der Waals surface area contributed by atoms with Crippen molar-refractivity contribution in [2.45, 2.75) is 5.16 Å². The molecule has 200 valence electrons. The third kappa shape index (κ3) is 4.51. The molecule has 1 aliphatic heterocycles. The number of carbonyl (C=O) groups is 1. The number of hydrogen-bond acceptors (Lipinski definition) is 9. The van der Waals surface area contributed by atoms with Crippen LogP contribution in [0.3, 0.4) is 0 Å². The van der Waals surface area contributed by atoms with Crippen molar-refractivity contribution in [2.75, 3.05) is 42.3 Å². The zero-order valence-corrected chi connectivity index (χ0v) is 22.8. The first-order valence-electron chi connectivity index (χ1n) is 12.8. The second kappa shape index (κ2) is 10.4. The maximum absolute atomic E-state index is 13.2. The average Bonchev–Trinajstić information content (AvgIpc) is 3.65. The zero-order chi connectivity index (χ0) is 27.1. The summed E-state index contributed by atoms with van der Waals surface area (Å²) in [6.45, 7) is 2.52. The van der Waals surface area contributed by atoms with Gasteiger partial charge in [0, 0.05) is 50.5 Å². The van der Waals surface area contributed by atoms with Crippen LogP contribution in [-0.2, 0) is 9.53 Å². The van der Waals surface area contributed by atoms with Gasteiger partial charge in [-0.05, 0) is 18.2 Å². The SMILES string of the molecule is O=C(CSc1ncn[nH]1)Nc1ccc(-c2cccc3c(=O)cc(N4CCOCC4)oc23)c2sc3ccccc3c12. The molecule has 2 N–H and O–H groups in total. The Morgan fingerprint density at radius 2 is 1.90 bits per heavy atom. The molecule has 7 rings (SSSR count). The van der Waals surface area contributed by atoms with Crippen LogP contribution < -0.4 is 15.6 Å². The summed E-state index contributed by atoms with van der Waals surface area (Å²) >= 11 is 2.94. The van der Waals surface area contributed by atoms with Gasteiger partial charge in [0.15, 0.2) is 16.5 Å². The molecule has 3 aromatic heterocycles. The van der Waals surface area contributed by atoms with Gasteiger partial charge >= 0.3 is 0 Å². The van der Waals surface area contributed by atoms with E-state index in [9.17, 15) is 9.59 Å². The molecule has 0 unspecified atom stereocenters. The maximum atomic E-state index is 13.2. The normalized spacial score (nSPS) is 13.8. The number of para-hydroxylation sites is 1. The van der Waals surface area contributed by atoms with Crippen molar-refractivity contribution < 1.29 is 13.9 Å². The second-order valence-electron chi connectivity index (χ2n) is 9.32. The predicted octanol–water partition coefficient (Wildman–Crippen LogP) is 5.51. The van der Waals surface area contributed by atoms with Crippen LogP contribution in [0.4, 0.5) is 11.6 Å². The standard InChI is InChI=1S/C29H23N5O4S2/c35-22-14-25(34-10-12-37-13-11-34)38-27-17(5-3-6-19(22)27)18-8-9-21(32-24(36)15-39-29-30-16-31-33-29)26-20-4-1-2-7-23(20)40-28(18)26/h1-9,14,16H,10-13,15H2,(H,32,36)(H,30,31,33). The molecule has 0 bridgehead atoms. The first-order chi connectivity index (χ1) is 19.7. The fourth-order valence-electron chi connectivity index (χ4n) is 5.05. The number of thiophene rings is 1. The lowest BCUT2D eigenvalue weighted by molar-refractivity contribution is -0.113. The lowest BCUT2D eigenvalue weighted by atomic mass is 9.99. The van der Waals surface area contributed by atoms with Gasteiger partial charge in [0.25, 0.3) is 0 Å².